The van der Waals surface area contributed by atoms with Crippen LogP contribution in [0.4, 0.5) is 0 Å². The van der Waals surface area contributed by atoms with Gasteiger partial charge in [0.2, 0.25) is 0 Å². The number of hydrogen-bond acceptors (Lipinski definition) is 5. The number of hydrogen-bond donors (Lipinski definition) is 0. The SMILES string of the molecule is COC(=O)COc1ncc(C)cn1. The predicted octanol–water partition coefficient (Wildman–Crippen LogP) is 0.337. The summed E-state index contributed by atoms with van der Waals surface area (Å²) >= 11 is 0. The fourth-order valence-electron chi connectivity index (χ4n) is 0.638. The first-order valence-corrected chi connectivity index (χ1v) is 3.70. The van der Waals surface area contributed by atoms with E-state index in [0.717, 1.165) is 5.56 Å². The van der Waals surface area contributed by atoms with Gasteiger partial charge in [0.05, 0.1) is 7.11 Å². The summed E-state index contributed by atoms with van der Waals surface area (Å²) < 4.78 is 9.29. The number of ether oxygens (including phenoxy) is 2. The Balaban J connectivity index is 2.46. The summed E-state index contributed by atoms with van der Waals surface area (Å²) in [5, 5.41) is 0. The Kier molecular flexibility index (Phi) is 3.19. The lowest BCUT2D eigenvalue weighted by Gasteiger charge is -2.01. The highest BCUT2D eigenvalue weighted by molar-refractivity contribution is 5.70. The third-order valence-electron chi connectivity index (χ3n) is 1.30. The van der Waals surface area contributed by atoms with Crippen LogP contribution >= 0.6 is 0 Å². The zero-order valence-corrected chi connectivity index (χ0v) is 7.48. The average molecular weight is 182 g/mol. The molecule has 13 heavy (non-hydrogen) atoms. The van der Waals surface area contributed by atoms with Crippen LogP contribution in [0.1, 0.15) is 5.56 Å². The number of nitrogens with zero attached hydrogens (tertiary/aromatic N) is 2. The Labute approximate surface area is 75.7 Å². The van der Waals surface area contributed by atoms with E-state index in [2.05, 4.69) is 14.7 Å². The van der Waals surface area contributed by atoms with Crippen LogP contribution in [-0.4, -0.2) is 29.7 Å². The van der Waals surface area contributed by atoms with E-state index in [0.29, 0.717) is 0 Å². The molecular weight excluding hydrogens is 172 g/mol. The van der Waals surface area contributed by atoms with Crippen molar-refractivity contribution in [1.82, 2.24) is 9.97 Å². The van der Waals surface area contributed by atoms with Gasteiger partial charge in [-0.3, -0.25) is 0 Å². The number of esters is 1. The molecule has 1 aromatic heterocycles. The van der Waals surface area contributed by atoms with E-state index in [4.69, 9.17) is 4.74 Å². The lowest BCUT2D eigenvalue weighted by molar-refractivity contribution is -0.143. The van der Waals surface area contributed by atoms with E-state index < -0.39 is 5.97 Å². The Hall–Kier alpha value is -1.65. The van der Waals surface area contributed by atoms with Crippen LogP contribution in [0.3, 0.4) is 0 Å². The maximum absolute atomic E-state index is 10.6. The first-order valence-electron chi connectivity index (χ1n) is 3.70. The molecule has 0 atom stereocenters. The molecule has 0 fully saturated rings. The lowest BCUT2D eigenvalue weighted by atomic mass is 10.4. The van der Waals surface area contributed by atoms with E-state index in [-0.39, 0.29) is 12.6 Å². The van der Waals surface area contributed by atoms with Crippen molar-refractivity contribution in [3.8, 4) is 6.01 Å². The summed E-state index contributed by atoms with van der Waals surface area (Å²) in [5.74, 6) is -0.454. The number of aromatic nitrogens is 2. The van der Waals surface area contributed by atoms with Crippen LogP contribution in [0.2, 0.25) is 0 Å². The largest absolute Gasteiger partial charge is 0.466 e. The number of carbonyl (C=O) groups excluding carboxylic acids is 1. The molecule has 5 heteroatoms. The fraction of sp³-hybridized carbons (Fsp3) is 0.375. The smallest absolute Gasteiger partial charge is 0.344 e. The highest BCUT2D eigenvalue weighted by Crippen LogP contribution is 2.00. The molecule has 0 radical (unpaired) electrons. The van der Waals surface area contributed by atoms with Gasteiger partial charge < -0.3 is 9.47 Å². The van der Waals surface area contributed by atoms with Gasteiger partial charge in [0.25, 0.3) is 0 Å². The van der Waals surface area contributed by atoms with Gasteiger partial charge in [0.1, 0.15) is 0 Å². The Morgan fingerprint density at radius 2 is 2.08 bits per heavy atom. The minimum absolute atomic E-state index is 0.167. The van der Waals surface area contributed by atoms with Gasteiger partial charge in [-0.15, -0.1) is 0 Å². The summed E-state index contributed by atoms with van der Waals surface area (Å²) in [6.45, 7) is 1.70. The maximum Gasteiger partial charge on any atom is 0.344 e. The van der Waals surface area contributed by atoms with Gasteiger partial charge in [0.15, 0.2) is 6.61 Å². The van der Waals surface area contributed by atoms with Crippen LogP contribution in [0.25, 0.3) is 0 Å². The molecule has 0 aromatic carbocycles. The lowest BCUT2D eigenvalue weighted by Crippen LogP contribution is -2.13. The molecule has 0 aliphatic heterocycles. The number of aryl methyl sites for hydroxylation is 1. The second-order valence-electron chi connectivity index (χ2n) is 2.41. The number of methoxy groups -OCH3 is 1. The molecule has 0 bridgehead atoms. The fourth-order valence-corrected chi connectivity index (χ4v) is 0.638. The monoisotopic (exact) mass is 182 g/mol. The quantitative estimate of drug-likeness (QED) is 0.630. The van der Waals surface area contributed by atoms with Gasteiger partial charge in [0, 0.05) is 12.4 Å². The van der Waals surface area contributed by atoms with Gasteiger partial charge in [-0.2, -0.15) is 0 Å². The molecule has 0 aliphatic carbocycles. The minimum atomic E-state index is -0.454. The van der Waals surface area contributed by atoms with Crippen LogP contribution < -0.4 is 4.74 Å². The molecule has 0 unspecified atom stereocenters. The molecule has 0 amide bonds. The first kappa shape index (κ1) is 9.44. The predicted molar refractivity (Wildman–Crippen MR) is 44.3 cm³/mol. The normalized spacial score (nSPS) is 9.38. The topological polar surface area (TPSA) is 61.3 Å². The molecule has 0 saturated heterocycles. The van der Waals surface area contributed by atoms with Crippen LogP contribution in [0.15, 0.2) is 12.4 Å². The highest BCUT2D eigenvalue weighted by atomic mass is 16.6. The van der Waals surface area contributed by atoms with E-state index in [1.54, 1.807) is 12.4 Å². The van der Waals surface area contributed by atoms with Crippen molar-refractivity contribution in [3.63, 3.8) is 0 Å². The van der Waals surface area contributed by atoms with Crippen LogP contribution in [0, 0.1) is 6.92 Å². The third kappa shape index (κ3) is 3.06. The van der Waals surface area contributed by atoms with Crippen molar-refractivity contribution in [2.75, 3.05) is 13.7 Å². The highest BCUT2D eigenvalue weighted by Gasteiger charge is 2.02. The first-order chi connectivity index (χ1) is 6.22. The maximum atomic E-state index is 10.6. The van der Waals surface area contributed by atoms with Gasteiger partial charge in [-0.05, 0) is 12.5 Å². The molecule has 1 heterocycles. The van der Waals surface area contributed by atoms with E-state index >= 15 is 0 Å². The van der Waals surface area contributed by atoms with Gasteiger partial charge >= 0.3 is 12.0 Å². The third-order valence-corrected chi connectivity index (χ3v) is 1.30. The molecule has 1 aromatic rings. The Bertz CT molecular complexity index is 284. The molecule has 0 N–H and O–H groups in total. The van der Waals surface area contributed by atoms with Crippen LogP contribution in [-0.2, 0) is 9.53 Å². The standard InChI is InChI=1S/C8H10N2O3/c1-6-3-9-8(10-4-6)13-5-7(11)12-2/h3-4H,5H2,1-2H3. The summed E-state index contributed by atoms with van der Waals surface area (Å²) in [6.07, 6.45) is 3.22. The number of carbonyl (C=O) groups is 1. The molecule has 0 spiro atoms. The van der Waals surface area contributed by atoms with Crippen molar-refractivity contribution in [1.29, 1.82) is 0 Å². The summed E-state index contributed by atoms with van der Waals surface area (Å²) in [5.41, 5.74) is 0.936. The van der Waals surface area contributed by atoms with Gasteiger partial charge in [-0.1, -0.05) is 0 Å². The molecule has 70 valence electrons. The van der Waals surface area contributed by atoms with Crippen molar-refractivity contribution in [2.45, 2.75) is 6.92 Å². The number of rotatable bonds is 3. The zero-order valence-electron chi connectivity index (χ0n) is 7.48. The minimum Gasteiger partial charge on any atom is -0.466 e. The Morgan fingerprint density at radius 3 is 2.62 bits per heavy atom. The van der Waals surface area contributed by atoms with Crippen molar-refractivity contribution in [3.05, 3.63) is 18.0 Å². The van der Waals surface area contributed by atoms with E-state index in [1.165, 1.54) is 7.11 Å². The molecule has 0 saturated carbocycles. The molecule has 5 nitrogen and oxygen atoms in total. The summed E-state index contributed by atoms with van der Waals surface area (Å²) in [6, 6.07) is 0.177. The summed E-state index contributed by atoms with van der Waals surface area (Å²) in [4.78, 5) is 18.3. The van der Waals surface area contributed by atoms with Crippen molar-refractivity contribution >= 4 is 5.97 Å². The van der Waals surface area contributed by atoms with Gasteiger partial charge in [-0.25, -0.2) is 14.8 Å². The summed E-state index contributed by atoms with van der Waals surface area (Å²) in [7, 11) is 1.29. The van der Waals surface area contributed by atoms with Crippen molar-refractivity contribution in [2.24, 2.45) is 0 Å². The second-order valence-corrected chi connectivity index (χ2v) is 2.41. The van der Waals surface area contributed by atoms with Crippen LogP contribution in [0.5, 0.6) is 6.01 Å². The van der Waals surface area contributed by atoms with E-state index in [1.807, 2.05) is 6.92 Å². The molecule has 0 aliphatic rings. The Morgan fingerprint density at radius 1 is 1.46 bits per heavy atom. The molecular formula is C8H10N2O3. The second kappa shape index (κ2) is 4.39. The molecule has 1 rings (SSSR count). The average Bonchev–Trinajstić information content (AvgIpc) is 2.16. The van der Waals surface area contributed by atoms with Crippen molar-refractivity contribution < 1.29 is 14.3 Å². The van der Waals surface area contributed by atoms with E-state index in [9.17, 15) is 4.79 Å². The zero-order chi connectivity index (χ0) is 9.68.